The molecule has 2 aromatic heterocycles. The quantitative estimate of drug-likeness (QED) is 0.356. The lowest BCUT2D eigenvalue weighted by Crippen LogP contribution is -2.03. The Hall–Kier alpha value is -3.54. The smallest absolute Gasteiger partial charge is 0.229 e. The summed E-state index contributed by atoms with van der Waals surface area (Å²) in [4.78, 5) is 12.4. The molecule has 178 valence electrons. The van der Waals surface area contributed by atoms with E-state index in [0.29, 0.717) is 23.0 Å². The maximum absolute atomic E-state index is 11.6. The highest BCUT2D eigenvalue weighted by Crippen LogP contribution is 2.27. The average molecular weight is 503 g/mol. The van der Waals surface area contributed by atoms with Crippen molar-refractivity contribution >= 4 is 38.9 Å². The van der Waals surface area contributed by atoms with E-state index in [-0.39, 0.29) is 28.3 Å². The molecule has 4 rings (SSSR count). The number of sulfone groups is 1. The van der Waals surface area contributed by atoms with E-state index in [1.54, 1.807) is 13.0 Å². The highest BCUT2D eigenvalue weighted by Gasteiger charge is 2.14. The minimum atomic E-state index is -3.40. The normalized spacial score (nSPS) is 10.9. The molecular weight excluding hydrogens is 480 g/mol. The zero-order valence-electron chi connectivity index (χ0n) is 18.4. The minimum absolute atomic E-state index is 0.0444. The number of nitrogens with one attached hydrogen (secondary N) is 1. The zero-order valence-corrected chi connectivity index (χ0v) is 20.0. The maximum atomic E-state index is 11.6. The van der Waals surface area contributed by atoms with E-state index in [1.165, 1.54) is 23.9 Å². The number of nitrogens with two attached hydrogens (primary N) is 1. The van der Waals surface area contributed by atoms with Crippen molar-refractivity contribution in [2.24, 2.45) is 0 Å². The van der Waals surface area contributed by atoms with Crippen LogP contribution in [-0.4, -0.2) is 46.5 Å². The lowest BCUT2D eigenvalue weighted by Gasteiger charge is -2.08. The van der Waals surface area contributed by atoms with Gasteiger partial charge in [0, 0.05) is 31.7 Å². The summed E-state index contributed by atoms with van der Waals surface area (Å²) in [6.45, 7) is 1.90. The molecule has 0 spiro atoms. The fourth-order valence-corrected chi connectivity index (χ4v) is 4.15. The molecule has 4 N–H and O–H groups in total. The third-order valence-electron chi connectivity index (χ3n) is 4.42. The maximum Gasteiger partial charge on any atom is 0.229 e. The van der Waals surface area contributed by atoms with Crippen LogP contribution >= 0.6 is 11.6 Å². The van der Waals surface area contributed by atoms with Crippen LogP contribution in [-0.2, 0) is 16.3 Å². The van der Waals surface area contributed by atoms with E-state index < -0.39 is 9.84 Å². The monoisotopic (exact) mass is 502 g/mol. The Labute approximate surface area is 201 Å². The Balaban J connectivity index is 0.000000302. The fraction of sp³-hybridized carbons (Fsp3) is 0.182. The number of hydrogen-bond acceptors (Lipinski definition) is 10. The van der Waals surface area contributed by atoms with Crippen molar-refractivity contribution in [1.82, 2.24) is 20.1 Å². The van der Waals surface area contributed by atoms with Crippen molar-refractivity contribution in [2.45, 2.75) is 18.2 Å². The van der Waals surface area contributed by atoms with Crippen LogP contribution in [0.4, 0.5) is 17.5 Å². The Morgan fingerprint density at radius 1 is 1.15 bits per heavy atom. The molecule has 10 nitrogen and oxygen atoms in total. The highest BCUT2D eigenvalue weighted by atomic mass is 35.5. The van der Waals surface area contributed by atoms with Gasteiger partial charge < -0.3 is 20.7 Å². The molecule has 0 aliphatic rings. The molecule has 0 fully saturated rings. The summed E-state index contributed by atoms with van der Waals surface area (Å²) in [5.41, 5.74) is 8.06. The molecule has 0 saturated carbocycles. The molecule has 0 aliphatic carbocycles. The molecule has 4 aromatic rings. The molecule has 0 unspecified atom stereocenters. The van der Waals surface area contributed by atoms with Crippen molar-refractivity contribution in [2.75, 3.05) is 23.9 Å². The summed E-state index contributed by atoms with van der Waals surface area (Å²) in [5.74, 6) is 1.07. The second kappa shape index (κ2) is 11.1. The molecule has 2 aromatic carbocycles. The van der Waals surface area contributed by atoms with Crippen molar-refractivity contribution in [3.05, 3.63) is 71.2 Å². The third-order valence-corrected chi connectivity index (χ3v) is 6.00. The SMILES string of the molecule is Cc1nc(-c2cnc(Nc3ccc(S(C)(=O)=O)c(Cl)c3)nc2N)no1.OCCc1ccccc1. The topological polar surface area (TPSA) is 157 Å². The summed E-state index contributed by atoms with van der Waals surface area (Å²) < 4.78 is 28.1. The number of anilines is 3. The number of halogens is 1. The van der Waals surface area contributed by atoms with Crippen molar-refractivity contribution in [3.63, 3.8) is 0 Å². The van der Waals surface area contributed by atoms with Crippen LogP contribution in [0.2, 0.25) is 5.02 Å². The van der Waals surface area contributed by atoms with Crippen molar-refractivity contribution in [3.8, 4) is 11.4 Å². The van der Waals surface area contributed by atoms with Gasteiger partial charge in [-0.3, -0.25) is 0 Å². The molecule has 0 amide bonds. The first-order valence-electron chi connectivity index (χ1n) is 10.0. The van der Waals surface area contributed by atoms with Crippen molar-refractivity contribution < 1.29 is 18.0 Å². The third kappa shape index (κ3) is 6.73. The molecular formula is C22H23ClN6O4S. The van der Waals surface area contributed by atoms with Crippen molar-refractivity contribution in [1.29, 1.82) is 0 Å². The van der Waals surface area contributed by atoms with Crippen LogP contribution in [0.25, 0.3) is 11.4 Å². The summed E-state index contributed by atoms with van der Waals surface area (Å²) in [5, 5.41) is 15.3. The Bertz CT molecular complexity index is 1360. The van der Waals surface area contributed by atoms with E-state index in [0.717, 1.165) is 12.7 Å². The minimum Gasteiger partial charge on any atom is -0.396 e. The second-order valence-electron chi connectivity index (χ2n) is 7.13. The lowest BCUT2D eigenvalue weighted by molar-refractivity contribution is 0.299. The van der Waals surface area contributed by atoms with E-state index in [9.17, 15) is 8.42 Å². The average Bonchev–Trinajstić information content (AvgIpc) is 3.20. The zero-order chi connectivity index (χ0) is 24.7. The Kier molecular flexibility index (Phi) is 8.16. The first kappa shape index (κ1) is 25.1. The first-order chi connectivity index (χ1) is 16.2. The standard InChI is InChI=1S/C14H13ClN6O3S.C8H10O/c1-7-18-13(21-24-7)9-6-17-14(20-12(9)16)19-8-3-4-11(10(15)5-8)25(2,22)23;9-7-6-8-4-2-1-3-5-8/h3-6H,1-2H3,(H3,16,17,19,20);1-5,9H,6-7H2. The van der Waals surface area contributed by atoms with Gasteiger partial charge in [0.2, 0.25) is 17.7 Å². The summed E-state index contributed by atoms with van der Waals surface area (Å²) >= 11 is 6.01. The number of rotatable bonds is 6. The number of nitrogens with zero attached hydrogens (tertiary/aromatic N) is 4. The summed E-state index contributed by atoms with van der Waals surface area (Å²) in [6.07, 6.45) is 3.31. The number of aryl methyl sites for hydroxylation is 1. The van der Waals surface area contributed by atoms with Gasteiger partial charge in [-0.1, -0.05) is 47.1 Å². The number of nitrogen functional groups attached to an aromatic ring is 1. The molecule has 12 heteroatoms. The molecule has 0 radical (unpaired) electrons. The lowest BCUT2D eigenvalue weighted by atomic mass is 10.2. The van der Waals surface area contributed by atoms with Crippen LogP contribution in [0.1, 0.15) is 11.5 Å². The van der Waals surface area contributed by atoms with Gasteiger partial charge in [0.1, 0.15) is 5.82 Å². The molecule has 0 saturated heterocycles. The summed E-state index contributed by atoms with van der Waals surface area (Å²) in [7, 11) is -3.40. The van der Waals surface area contributed by atoms with Crippen LogP contribution in [0.3, 0.4) is 0 Å². The molecule has 2 heterocycles. The predicted octanol–water partition coefficient (Wildman–Crippen LogP) is 3.44. The van der Waals surface area contributed by atoms with E-state index in [1.807, 2.05) is 30.3 Å². The number of benzene rings is 2. The number of hydrogen-bond donors (Lipinski definition) is 3. The van der Waals surface area contributed by atoms with Crippen LogP contribution in [0.15, 0.2) is 64.1 Å². The first-order valence-corrected chi connectivity index (χ1v) is 12.3. The van der Waals surface area contributed by atoms with Gasteiger partial charge in [-0.25, -0.2) is 13.4 Å². The van der Waals surface area contributed by atoms with Gasteiger partial charge in [-0.15, -0.1) is 0 Å². The molecule has 0 atom stereocenters. The highest BCUT2D eigenvalue weighted by molar-refractivity contribution is 7.90. The molecule has 0 bridgehead atoms. The van der Waals surface area contributed by atoms with Gasteiger partial charge in [0.15, 0.2) is 9.84 Å². The van der Waals surface area contributed by atoms with E-state index >= 15 is 0 Å². The number of aliphatic hydroxyl groups is 1. The Morgan fingerprint density at radius 2 is 1.88 bits per heavy atom. The molecule has 34 heavy (non-hydrogen) atoms. The number of aliphatic hydroxyl groups excluding tert-OH is 1. The van der Waals surface area contributed by atoms with Gasteiger partial charge in [0.05, 0.1) is 15.5 Å². The predicted molar refractivity (Wildman–Crippen MR) is 130 cm³/mol. The van der Waals surface area contributed by atoms with E-state index in [4.69, 9.17) is 27.0 Å². The van der Waals surface area contributed by atoms with Crippen LogP contribution in [0.5, 0.6) is 0 Å². The summed E-state index contributed by atoms with van der Waals surface area (Å²) in [6, 6.07) is 14.4. The van der Waals surface area contributed by atoms with Gasteiger partial charge in [0.25, 0.3) is 0 Å². The van der Waals surface area contributed by atoms with Gasteiger partial charge in [-0.2, -0.15) is 9.97 Å². The second-order valence-corrected chi connectivity index (χ2v) is 9.52. The van der Waals surface area contributed by atoms with Gasteiger partial charge in [-0.05, 0) is 30.2 Å². The van der Waals surface area contributed by atoms with E-state index in [2.05, 4.69) is 25.4 Å². The Morgan fingerprint density at radius 3 is 2.44 bits per heavy atom. The molecule has 0 aliphatic heterocycles. The fourth-order valence-electron chi connectivity index (χ4n) is 2.82. The number of aromatic nitrogens is 4. The largest absolute Gasteiger partial charge is 0.396 e. The van der Waals surface area contributed by atoms with Crippen LogP contribution in [0, 0.1) is 6.92 Å². The van der Waals surface area contributed by atoms with Gasteiger partial charge >= 0.3 is 0 Å². The van der Waals surface area contributed by atoms with Crippen LogP contribution < -0.4 is 11.1 Å².